The maximum absolute atomic E-state index is 12.1. The van der Waals surface area contributed by atoms with Crippen LogP contribution in [0.25, 0.3) is 0 Å². The molecule has 0 saturated carbocycles. The number of rotatable bonds is 6. The van der Waals surface area contributed by atoms with E-state index in [9.17, 15) is 22.8 Å². The van der Waals surface area contributed by atoms with Crippen LogP contribution in [0.4, 0.5) is 23.7 Å². The third-order valence-electron chi connectivity index (χ3n) is 2.77. The van der Waals surface area contributed by atoms with Crippen LogP contribution in [-0.2, 0) is 4.79 Å². The number of anilines is 1. The van der Waals surface area contributed by atoms with Gasteiger partial charge in [0.1, 0.15) is 11.8 Å². The first-order chi connectivity index (χ1) is 11.1. The van der Waals surface area contributed by atoms with E-state index in [2.05, 4.69) is 20.7 Å². The lowest BCUT2D eigenvalue weighted by Crippen LogP contribution is -2.46. The summed E-state index contributed by atoms with van der Waals surface area (Å²) >= 11 is 0. The summed E-state index contributed by atoms with van der Waals surface area (Å²) in [6.07, 6.45) is -4.76. The van der Waals surface area contributed by atoms with Gasteiger partial charge in [0.15, 0.2) is 0 Å². The third kappa shape index (κ3) is 7.70. The number of halogens is 3. The van der Waals surface area contributed by atoms with Gasteiger partial charge >= 0.3 is 12.4 Å². The van der Waals surface area contributed by atoms with Crippen LogP contribution in [0.1, 0.15) is 20.8 Å². The van der Waals surface area contributed by atoms with Crippen molar-refractivity contribution in [2.24, 2.45) is 5.92 Å². The average molecular weight is 347 g/mol. The Hall–Kier alpha value is -2.45. The van der Waals surface area contributed by atoms with Gasteiger partial charge in [-0.1, -0.05) is 13.8 Å². The van der Waals surface area contributed by atoms with Gasteiger partial charge in [-0.2, -0.15) is 0 Å². The Kier molecular flexibility index (Phi) is 6.87. The van der Waals surface area contributed by atoms with E-state index >= 15 is 0 Å². The van der Waals surface area contributed by atoms with Gasteiger partial charge < -0.3 is 15.4 Å². The molecule has 6 nitrogen and oxygen atoms in total. The summed E-state index contributed by atoms with van der Waals surface area (Å²) in [5, 5.41) is 7.49. The lowest BCUT2D eigenvalue weighted by atomic mass is 10.2. The smallest absolute Gasteiger partial charge is 0.406 e. The zero-order chi connectivity index (χ0) is 18.3. The van der Waals surface area contributed by atoms with Crippen molar-refractivity contribution < 1.29 is 27.5 Å². The van der Waals surface area contributed by atoms with Gasteiger partial charge in [0.2, 0.25) is 5.91 Å². The number of urea groups is 1. The van der Waals surface area contributed by atoms with Gasteiger partial charge in [0, 0.05) is 12.2 Å². The lowest BCUT2D eigenvalue weighted by molar-refractivity contribution is -0.274. The minimum atomic E-state index is -4.76. The van der Waals surface area contributed by atoms with Crippen LogP contribution in [-0.4, -0.2) is 30.9 Å². The van der Waals surface area contributed by atoms with E-state index in [1.54, 1.807) is 0 Å². The Morgan fingerprint density at radius 1 is 1.12 bits per heavy atom. The predicted octanol–water partition coefficient (Wildman–Crippen LogP) is 2.87. The van der Waals surface area contributed by atoms with Crippen molar-refractivity contribution >= 4 is 17.6 Å². The number of hydrogen-bond acceptors (Lipinski definition) is 4. The first kappa shape index (κ1) is 19.6. The number of nitrogens with one attached hydrogen (secondary N) is 3. The van der Waals surface area contributed by atoms with Crippen molar-refractivity contribution in [3.05, 3.63) is 24.3 Å². The normalized spacial score (nSPS) is 12.5. The number of carbonyl (C=O) groups is 2. The minimum Gasteiger partial charge on any atom is -0.406 e. The van der Waals surface area contributed by atoms with Gasteiger partial charge in [-0.05, 0) is 37.1 Å². The predicted molar refractivity (Wildman–Crippen MR) is 82.6 cm³/mol. The monoisotopic (exact) mass is 347 g/mol. The molecule has 0 aliphatic heterocycles. The molecule has 0 unspecified atom stereocenters. The number of alkyl halides is 3. The molecular weight excluding hydrogens is 327 g/mol. The van der Waals surface area contributed by atoms with Crippen LogP contribution in [0.2, 0.25) is 0 Å². The van der Waals surface area contributed by atoms with Gasteiger partial charge in [0.05, 0.1) is 0 Å². The molecule has 0 saturated heterocycles. The lowest BCUT2D eigenvalue weighted by Gasteiger charge is -2.16. The van der Waals surface area contributed by atoms with E-state index in [0.29, 0.717) is 12.2 Å². The second kappa shape index (κ2) is 8.42. The Labute approximate surface area is 137 Å². The number of hydrogen-bond donors (Lipinski definition) is 3. The van der Waals surface area contributed by atoms with Crippen molar-refractivity contribution in [2.45, 2.75) is 33.2 Å². The Morgan fingerprint density at radius 3 is 2.21 bits per heavy atom. The Morgan fingerprint density at radius 2 is 1.71 bits per heavy atom. The van der Waals surface area contributed by atoms with Gasteiger partial charge in [0.25, 0.3) is 0 Å². The molecule has 0 aliphatic carbocycles. The summed E-state index contributed by atoms with van der Waals surface area (Å²) in [6, 6.07) is 3.55. The van der Waals surface area contributed by atoms with Crippen LogP contribution < -0.4 is 20.7 Å². The van der Waals surface area contributed by atoms with Crippen LogP contribution >= 0.6 is 0 Å². The molecule has 1 rings (SSSR count). The highest BCUT2D eigenvalue weighted by atomic mass is 19.4. The zero-order valence-corrected chi connectivity index (χ0v) is 13.5. The van der Waals surface area contributed by atoms with Crippen LogP contribution in [0.5, 0.6) is 5.75 Å². The molecule has 0 aromatic heterocycles. The van der Waals surface area contributed by atoms with E-state index < -0.39 is 24.3 Å². The molecule has 3 N–H and O–H groups in total. The van der Waals surface area contributed by atoms with E-state index in [0.717, 1.165) is 12.1 Å². The number of amides is 3. The second-order valence-corrected chi connectivity index (χ2v) is 5.53. The first-order valence-corrected chi connectivity index (χ1v) is 7.28. The standard InChI is InChI=1S/C15H20F3N3O3/c1-9(2)8-19-14(23)21-13(22)10(3)20-11-4-6-12(7-5-11)24-15(16,17)18/h4-7,9-10,20H,8H2,1-3H3,(H2,19,21,22,23)/t10-/m0/s1. The molecule has 3 amide bonds. The average Bonchev–Trinajstić information content (AvgIpc) is 2.45. The first-order valence-electron chi connectivity index (χ1n) is 7.28. The molecule has 1 atom stereocenters. The highest BCUT2D eigenvalue weighted by molar-refractivity contribution is 5.97. The van der Waals surface area contributed by atoms with Gasteiger partial charge in [-0.15, -0.1) is 13.2 Å². The molecule has 0 fully saturated rings. The summed E-state index contributed by atoms with van der Waals surface area (Å²) in [6.45, 7) is 5.78. The van der Waals surface area contributed by atoms with Crippen molar-refractivity contribution in [1.82, 2.24) is 10.6 Å². The van der Waals surface area contributed by atoms with Crippen LogP contribution in [0.3, 0.4) is 0 Å². The fourth-order valence-corrected chi connectivity index (χ4v) is 1.63. The number of carbonyl (C=O) groups excluding carboxylic acids is 2. The van der Waals surface area contributed by atoms with Crippen LogP contribution in [0.15, 0.2) is 24.3 Å². The highest BCUT2D eigenvalue weighted by Gasteiger charge is 2.31. The molecule has 0 bridgehead atoms. The quantitative estimate of drug-likeness (QED) is 0.739. The summed E-state index contributed by atoms with van der Waals surface area (Å²) in [5.74, 6) is -0.677. The summed E-state index contributed by atoms with van der Waals surface area (Å²) in [5.41, 5.74) is 0.412. The number of benzene rings is 1. The van der Waals surface area contributed by atoms with Crippen molar-refractivity contribution in [3.63, 3.8) is 0 Å². The summed E-state index contributed by atoms with van der Waals surface area (Å²) in [4.78, 5) is 23.3. The zero-order valence-electron chi connectivity index (χ0n) is 13.5. The van der Waals surface area contributed by atoms with Gasteiger partial charge in [-0.25, -0.2) is 4.79 Å². The Balaban J connectivity index is 2.50. The fourth-order valence-electron chi connectivity index (χ4n) is 1.63. The molecule has 9 heteroatoms. The van der Waals surface area contributed by atoms with E-state index in [1.807, 2.05) is 13.8 Å². The fraction of sp³-hybridized carbons (Fsp3) is 0.467. The van der Waals surface area contributed by atoms with Gasteiger partial charge in [-0.3, -0.25) is 10.1 Å². The largest absolute Gasteiger partial charge is 0.573 e. The molecule has 134 valence electrons. The van der Waals surface area contributed by atoms with Crippen molar-refractivity contribution in [2.75, 3.05) is 11.9 Å². The summed E-state index contributed by atoms with van der Waals surface area (Å²) in [7, 11) is 0. The van der Waals surface area contributed by atoms with E-state index in [4.69, 9.17) is 0 Å². The van der Waals surface area contributed by atoms with Crippen molar-refractivity contribution in [3.8, 4) is 5.75 Å². The van der Waals surface area contributed by atoms with Crippen molar-refractivity contribution in [1.29, 1.82) is 0 Å². The molecule has 0 aliphatic rings. The summed E-state index contributed by atoms with van der Waals surface area (Å²) < 4.78 is 39.9. The maximum atomic E-state index is 12.1. The minimum absolute atomic E-state index is 0.249. The van der Waals surface area contributed by atoms with E-state index in [-0.39, 0.29) is 11.7 Å². The molecule has 0 spiro atoms. The maximum Gasteiger partial charge on any atom is 0.573 e. The number of ether oxygens (including phenoxy) is 1. The molecule has 1 aromatic rings. The van der Waals surface area contributed by atoms with E-state index in [1.165, 1.54) is 19.1 Å². The molecule has 1 aromatic carbocycles. The topological polar surface area (TPSA) is 79.5 Å². The second-order valence-electron chi connectivity index (χ2n) is 5.53. The Bertz CT molecular complexity index is 559. The third-order valence-corrected chi connectivity index (χ3v) is 2.77. The number of imide groups is 1. The SMILES string of the molecule is CC(C)CNC(=O)NC(=O)[C@H](C)Nc1ccc(OC(F)(F)F)cc1. The molecule has 0 radical (unpaired) electrons. The molecule has 0 heterocycles. The highest BCUT2D eigenvalue weighted by Crippen LogP contribution is 2.24. The molecular formula is C15H20F3N3O3. The molecule has 24 heavy (non-hydrogen) atoms. The van der Waals surface area contributed by atoms with Crippen LogP contribution in [0, 0.1) is 5.92 Å².